The minimum Gasteiger partial charge on any atom is -0.446 e. The molecule has 0 spiro atoms. The second kappa shape index (κ2) is 4.99. The van der Waals surface area contributed by atoms with E-state index in [0.717, 1.165) is 30.7 Å². The summed E-state index contributed by atoms with van der Waals surface area (Å²) in [5, 5.41) is 0. The van der Waals surface area contributed by atoms with Gasteiger partial charge in [0.2, 0.25) is 0 Å². The first-order valence-corrected chi connectivity index (χ1v) is 7.98. The molecule has 108 valence electrons. The number of rotatable bonds is 3. The van der Waals surface area contributed by atoms with Gasteiger partial charge in [-0.05, 0) is 55.3 Å². The van der Waals surface area contributed by atoms with Crippen molar-refractivity contribution >= 4 is 6.09 Å². The lowest BCUT2D eigenvalue weighted by Gasteiger charge is -2.32. The highest BCUT2D eigenvalue weighted by molar-refractivity contribution is 5.67. The Morgan fingerprint density at radius 2 is 1.95 bits per heavy atom. The Bertz CT molecular complexity index is 355. The zero-order valence-corrected chi connectivity index (χ0v) is 12.5. The van der Waals surface area contributed by atoms with Crippen LogP contribution in [-0.4, -0.2) is 30.7 Å². The lowest BCUT2D eigenvalue weighted by molar-refractivity contribution is 0.0169. The van der Waals surface area contributed by atoms with Gasteiger partial charge in [0.1, 0.15) is 6.10 Å². The largest absolute Gasteiger partial charge is 0.446 e. The monoisotopic (exact) mass is 265 g/mol. The third-order valence-corrected chi connectivity index (χ3v) is 5.57. The van der Waals surface area contributed by atoms with Crippen molar-refractivity contribution in [1.29, 1.82) is 0 Å². The summed E-state index contributed by atoms with van der Waals surface area (Å²) in [5.74, 6) is 3.86. The standard InChI is InChI=1S/C16H27NO2/c1-10(2)9-17(3)16(18)19-15-8-11-7-14(15)13-6-4-5-12(11)13/h10-15H,4-9H2,1-3H3. The molecular formula is C16H27NO2. The summed E-state index contributed by atoms with van der Waals surface area (Å²) in [6.45, 7) is 5.04. The van der Waals surface area contributed by atoms with Crippen molar-refractivity contribution in [2.45, 2.75) is 52.1 Å². The van der Waals surface area contributed by atoms with E-state index >= 15 is 0 Å². The fourth-order valence-corrected chi connectivity index (χ4v) is 4.98. The van der Waals surface area contributed by atoms with Crippen molar-refractivity contribution in [3.05, 3.63) is 0 Å². The Kier molecular flexibility index (Phi) is 3.48. The van der Waals surface area contributed by atoms with Gasteiger partial charge in [0, 0.05) is 13.6 Å². The molecule has 3 nitrogen and oxygen atoms in total. The van der Waals surface area contributed by atoms with Crippen molar-refractivity contribution in [2.75, 3.05) is 13.6 Å². The number of amides is 1. The van der Waals surface area contributed by atoms with Crippen LogP contribution in [0.5, 0.6) is 0 Å². The van der Waals surface area contributed by atoms with Crippen molar-refractivity contribution in [2.24, 2.45) is 29.6 Å². The molecule has 5 atom stereocenters. The Morgan fingerprint density at radius 1 is 1.21 bits per heavy atom. The van der Waals surface area contributed by atoms with Gasteiger partial charge in [-0.25, -0.2) is 4.79 Å². The average molecular weight is 265 g/mol. The van der Waals surface area contributed by atoms with E-state index in [0.29, 0.717) is 11.8 Å². The third-order valence-electron chi connectivity index (χ3n) is 5.57. The van der Waals surface area contributed by atoms with Crippen LogP contribution in [0, 0.1) is 29.6 Å². The number of hydrogen-bond donors (Lipinski definition) is 0. The first-order valence-electron chi connectivity index (χ1n) is 7.98. The SMILES string of the molecule is CC(C)CN(C)C(=O)OC1CC2CC1C1CCCC21. The van der Waals surface area contributed by atoms with E-state index < -0.39 is 0 Å². The second-order valence-corrected chi connectivity index (χ2v) is 7.35. The maximum atomic E-state index is 12.1. The van der Waals surface area contributed by atoms with E-state index in [-0.39, 0.29) is 12.2 Å². The summed E-state index contributed by atoms with van der Waals surface area (Å²) in [4.78, 5) is 13.8. The molecule has 19 heavy (non-hydrogen) atoms. The van der Waals surface area contributed by atoms with Crippen LogP contribution in [0.3, 0.4) is 0 Å². The van der Waals surface area contributed by atoms with Crippen molar-refractivity contribution in [1.82, 2.24) is 4.90 Å². The molecule has 3 saturated carbocycles. The predicted octanol–water partition coefficient (Wildman–Crippen LogP) is 3.54. The summed E-state index contributed by atoms with van der Waals surface area (Å²) in [6, 6.07) is 0. The molecule has 0 aliphatic heterocycles. The van der Waals surface area contributed by atoms with Gasteiger partial charge < -0.3 is 9.64 Å². The number of fused-ring (bicyclic) bond motifs is 5. The molecule has 0 aromatic rings. The summed E-state index contributed by atoms with van der Waals surface area (Å²) in [5.41, 5.74) is 0. The van der Waals surface area contributed by atoms with Crippen LogP contribution in [0.1, 0.15) is 46.0 Å². The van der Waals surface area contributed by atoms with Crippen LogP contribution < -0.4 is 0 Å². The molecule has 3 rings (SSSR count). The smallest absolute Gasteiger partial charge is 0.409 e. The molecule has 1 amide bonds. The van der Waals surface area contributed by atoms with Crippen LogP contribution in [0.2, 0.25) is 0 Å². The molecule has 2 bridgehead atoms. The zero-order chi connectivity index (χ0) is 13.6. The number of ether oxygens (including phenoxy) is 1. The lowest BCUT2D eigenvalue weighted by Crippen LogP contribution is -2.37. The normalized spacial score (nSPS) is 39.7. The van der Waals surface area contributed by atoms with Crippen molar-refractivity contribution in [3.8, 4) is 0 Å². The first kappa shape index (κ1) is 13.3. The van der Waals surface area contributed by atoms with Gasteiger partial charge in [0.15, 0.2) is 0 Å². The molecule has 0 N–H and O–H groups in total. The fraction of sp³-hybridized carbons (Fsp3) is 0.938. The number of nitrogens with zero attached hydrogens (tertiary/aromatic N) is 1. The number of hydrogen-bond acceptors (Lipinski definition) is 2. The molecular weight excluding hydrogens is 238 g/mol. The van der Waals surface area contributed by atoms with Crippen LogP contribution in [0.15, 0.2) is 0 Å². The molecule has 0 aromatic heterocycles. The Balaban J connectivity index is 1.56. The topological polar surface area (TPSA) is 29.5 Å². The average Bonchev–Trinajstić information content (AvgIpc) is 2.98. The van der Waals surface area contributed by atoms with Gasteiger partial charge in [-0.3, -0.25) is 0 Å². The molecule has 0 radical (unpaired) electrons. The van der Waals surface area contributed by atoms with Crippen molar-refractivity contribution < 1.29 is 9.53 Å². The van der Waals surface area contributed by atoms with E-state index in [1.54, 1.807) is 4.90 Å². The summed E-state index contributed by atoms with van der Waals surface area (Å²) >= 11 is 0. The molecule has 5 unspecified atom stereocenters. The van der Waals surface area contributed by atoms with Crippen LogP contribution in [0.4, 0.5) is 4.79 Å². The second-order valence-electron chi connectivity index (χ2n) is 7.35. The molecule has 3 aliphatic rings. The minimum absolute atomic E-state index is 0.110. The molecule has 0 saturated heterocycles. The quantitative estimate of drug-likeness (QED) is 0.781. The Hall–Kier alpha value is -0.730. The lowest BCUT2D eigenvalue weighted by atomic mass is 9.80. The van der Waals surface area contributed by atoms with Gasteiger partial charge in [-0.15, -0.1) is 0 Å². The van der Waals surface area contributed by atoms with Crippen LogP contribution in [-0.2, 0) is 4.74 Å². The van der Waals surface area contributed by atoms with Crippen LogP contribution >= 0.6 is 0 Å². The van der Waals surface area contributed by atoms with E-state index in [9.17, 15) is 4.79 Å². The van der Waals surface area contributed by atoms with Gasteiger partial charge >= 0.3 is 6.09 Å². The van der Waals surface area contributed by atoms with E-state index in [1.165, 1.54) is 25.7 Å². The van der Waals surface area contributed by atoms with Crippen molar-refractivity contribution in [3.63, 3.8) is 0 Å². The zero-order valence-electron chi connectivity index (χ0n) is 12.5. The first-order chi connectivity index (χ1) is 9.06. The highest BCUT2D eigenvalue weighted by atomic mass is 16.6. The molecule has 3 heteroatoms. The predicted molar refractivity (Wildman–Crippen MR) is 74.8 cm³/mol. The summed E-state index contributed by atoms with van der Waals surface area (Å²) in [7, 11) is 1.86. The van der Waals surface area contributed by atoms with Gasteiger partial charge in [-0.2, -0.15) is 0 Å². The maximum Gasteiger partial charge on any atom is 0.409 e. The van der Waals surface area contributed by atoms with Gasteiger partial charge in [0.05, 0.1) is 0 Å². The Labute approximate surface area is 116 Å². The minimum atomic E-state index is -0.110. The third kappa shape index (κ3) is 2.36. The molecule has 0 aromatic carbocycles. The van der Waals surface area contributed by atoms with Gasteiger partial charge in [0.25, 0.3) is 0 Å². The molecule has 3 fully saturated rings. The maximum absolute atomic E-state index is 12.1. The van der Waals surface area contributed by atoms with E-state index in [1.807, 2.05) is 7.05 Å². The molecule has 0 heterocycles. The number of carbonyl (C=O) groups is 1. The molecule has 3 aliphatic carbocycles. The summed E-state index contributed by atoms with van der Waals surface area (Å²) in [6.07, 6.45) is 6.76. The highest BCUT2D eigenvalue weighted by Gasteiger charge is 2.55. The van der Waals surface area contributed by atoms with Crippen LogP contribution in [0.25, 0.3) is 0 Å². The van der Waals surface area contributed by atoms with E-state index in [4.69, 9.17) is 4.74 Å². The van der Waals surface area contributed by atoms with Gasteiger partial charge in [-0.1, -0.05) is 20.3 Å². The Morgan fingerprint density at radius 3 is 2.68 bits per heavy atom. The van der Waals surface area contributed by atoms with E-state index in [2.05, 4.69) is 13.8 Å². The fourth-order valence-electron chi connectivity index (χ4n) is 4.98. The number of carbonyl (C=O) groups excluding carboxylic acids is 1. The highest BCUT2D eigenvalue weighted by Crippen LogP contribution is 2.59. The summed E-state index contributed by atoms with van der Waals surface area (Å²) < 4.78 is 5.80.